The highest BCUT2D eigenvalue weighted by atomic mass is 19.1. The van der Waals surface area contributed by atoms with Gasteiger partial charge < -0.3 is 10.4 Å². The normalized spacial score (nSPS) is 11.2. The molecule has 2 N–H and O–H groups in total. The van der Waals surface area contributed by atoms with Gasteiger partial charge in [0.25, 0.3) is 5.69 Å². The van der Waals surface area contributed by atoms with Gasteiger partial charge in [0.15, 0.2) is 5.82 Å². The van der Waals surface area contributed by atoms with Crippen LogP contribution in [0.2, 0.25) is 0 Å². The second-order valence-electron chi connectivity index (χ2n) is 4.09. The highest BCUT2D eigenvalue weighted by molar-refractivity contribution is 5.50. The van der Waals surface area contributed by atoms with E-state index in [0.717, 1.165) is 6.07 Å². The Bertz CT molecular complexity index is 402. The van der Waals surface area contributed by atoms with Crippen molar-refractivity contribution in [1.82, 2.24) is 0 Å². The van der Waals surface area contributed by atoms with E-state index in [4.69, 9.17) is 0 Å². The van der Waals surface area contributed by atoms with Crippen LogP contribution in [0.1, 0.15) is 13.8 Å². The van der Waals surface area contributed by atoms with Gasteiger partial charge in [0.2, 0.25) is 0 Å². The second kappa shape index (κ2) is 4.44. The van der Waals surface area contributed by atoms with Gasteiger partial charge >= 0.3 is 0 Å². The number of benzene rings is 1. The first-order valence-electron chi connectivity index (χ1n) is 4.70. The van der Waals surface area contributed by atoms with E-state index >= 15 is 0 Å². The molecule has 1 aromatic rings. The minimum atomic E-state index is -0.978. The number of hydrogen-bond acceptors (Lipinski definition) is 4. The molecular formula is C10H13FN2O3. The Balaban J connectivity index is 2.80. The van der Waals surface area contributed by atoms with E-state index in [-0.39, 0.29) is 17.9 Å². The molecular weight excluding hydrogens is 215 g/mol. The predicted molar refractivity (Wildman–Crippen MR) is 57.8 cm³/mol. The lowest BCUT2D eigenvalue weighted by Crippen LogP contribution is -2.29. The molecule has 0 heterocycles. The molecule has 88 valence electrons. The van der Waals surface area contributed by atoms with Crippen LogP contribution in [-0.4, -0.2) is 22.2 Å². The van der Waals surface area contributed by atoms with E-state index in [1.165, 1.54) is 12.1 Å². The topological polar surface area (TPSA) is 75.4 Å². The molecule has 6 heteroatoms. The van der Waals surface area contributed by atoms with Gasteiger partial charge in [-0.2, -0.15) is 0 Å². The van der Waals surface area contributed by atoms with Crippen LogP contribution in [0.4, 0.5) is 15.8 Å². The van der Waals surface area contributed by atoms with Gasteiger partial charge in [-0.05, 0) is 19.9 Å². The van der Waals surface area contributed by atoms with Gasteiger partial charge in [-0.15, -0.1) is 0 Å². The average Bonchev–Trinajstić information content (AvgIpc) is 2.14. The van der Waals surface area contributed by atoms with Gasteiger partial charge in [-0.3, -0.25) is 10.1 Å². The molecule has 0 spiro atoms. The van der Waals surface area contributed by atoms with Crippen molar-refractivity contribution in [3.05, 3.63) is 34.1 Å². The fraction of sp³-hybridized carbons (Fsp3) is 0.400. The molecule has 0 aliphatic rings. The smallest absolute Gasteiger partial charge is 0.272 e. The lowest BCUT2D eigenvalue weighted by atomic mass is 10.1. The minimum absolute atomic E-state index is 0.132. The molecule has 0 aliphatic carbocycles. The Morgan fingerprint density at radius 2 is 2.19 bits per heavy atom. The summed E-state index contributed by atoms with van der Waals surface area (Å²) in [5.74, 6) is -0.710. The monoisotopic (exact) mass is 228 g/mol. The molecule has 0 fully saturated rings. The zero-order chi connectivity index (χ0) is 12.3. The van der Waals surface area contributed by atoms with Crippen molar-refractivity contribution in [3.63, 3.8) is 0 Å². The lowest BCUT2D eigenvalue weighted by Gasteiger charge is -2.18. The van der Waals surface area contributed by atoms with Gasteiger partial charge in [-0.25, -0.2) is 4.39 Å². The molecule has 0 bridgehead atoms. The number of aliphatic hydroxyl groups is 1. The van der Waals surface area contributed by atoms with Crippen LogP contribution in [-0.2, 0) is 0 Å². The summed E-state index contributed by atoms with van der Waals surface area (Å²) in [5.41, 5.74) is -1.15. The molecule has 16 heavy (non-hydrogen) atoms. The Morgan fingerprint density at radius 3 is 2.62 bits per heavy atom. The SMILES string of the molecule is CC(C)(O)CNc1ccc([N+](=O)[O-])cc1F. The third kappa shape index (κ3) is 3.47. The minimum Gasteiger partial charge on any atom is -0.389 e. The highest BCUT2D eigenvalue weighted by Gasteiger charge is 2.15. The summed E-state index contributed by atoms with van der Waals surface area (Å²) in [4.78, 5) is 9.70. The Labute approximate surface area is 92.1 Å². The molecule has 5 nitrogen and oxygen atoms in total. The molecule has 0 saturated carbocycles. The standard InChI is InChI=1S/C10H13FN2O3/c1-10(2,14)6-12-9-4-3-7(13(15)16)5-8(9)11/h3-5,12,14H,6H2,1-2H3. The summed E-state index contributed by atoms with van der Waals surface area (Å²) in [6, 6.07) is 3.32. The van der Waals surface area contributed by atoms with Crippen molar-refractivity contribution in [2.24, 2.45) is 0 Å². The first-order chi connectivity index (χ1) is 7.29. The van der Waals surface area contributed by atoms with Crippen molar-refractivity contribution in [2.45, 2.75) is 19.4 Å². The summed E-state index contributed by atoms with van der Waals surface area (Å²) in [6.07, 6.45) is 0. The van der Waals surface area contributed by atoms with Crippen LogP contribution in [0, 0.1) is 15.9 Å². The van der Waals surface area contributed by atoms with Crippen LogP contribution in [0.3, 0.4) is 0 Å². The van der Waals surface area contributed by atoms with E-state index < -0.39 is 16.3 Å². The number of nitrogens with zero attached hydrogens (tertiary/aromatic N) is 1. The summed E-state index contributed by atoms with van der Waals surface area (Å²) >= 11 is 0. The van der Waals surface area contributed by atoms with Crippen LogP contribution in [0.25, 0.3) is 0 Å². The number of non-ortho nitro benzene ring substituents is 1. The Hall–Kier alpha value is -1.69. The third-order valence-electron chi connectivity index (χ3n) is 1.87. The van der Waals surface area contributed by atoms with E-state index in [9.17, 15) is 19.6 Å². The maximum absolute atomic E-state index is 13.3. The molecule has 1 rings (SSSR count). The number of nitro groups is 1. The van der Waals surface area contributed by atoms with Crippen molar-refractivity contribution in [3.8, 4) is 0 Å². The highest BCUT2D eigenvalue weighted by Crippen LogP contribution is 2.20. The molecule has 0 saturated heterocycles. The zero-order valence-corrected chi connectivity index (χ0v) is 9.03. The molecule has 0 radical (unpaired) electrons. The van der Waals surface area contributed by atoms with Crippen LogP contribution >= 0.6 is 0 Å². The third-order valence-corrected chi connectivity index (χ3v) is 1.87. The van der Waals surface area contributed by atoms with Crippen molar-refractivity contribution >= 4 is 11.4 Å². The number of hydrogen-bond donors (Lipinski definition) is 2. The molecule has 0 aliphatic heterocycles. The zero-order valence-electron chi connectivity index (χ0n) is 9.03. The molecule has 0 amide bonds. The molecule has 0 unspecified atom stereocenters. The number of anilines is 1. The average molecular weight is 228 g/mol. The van der Waals surface area contributed by atoms with E-state index in [0.29, 0.717) is 0 Å². The fourth-order valence-electron chi connectivity index (χ4n) is 1.07. The van der Waals surface area contributed by atoms with Crippen molar-refractivity contribution in [1.29, 1.82) is 0 Å². The van der Waals surface area contributed by atoms with E-state index in [1.807, 2.05) is 0 Å². The largest absolute Gasteiger partial charge is 0.389 e. The van der Waals surface area contributed by atoms with Gasteiger partial charge in [0.05, 0.1) is 22.3 Å². The fourth-order valence-corrected chi connectivity index (χ4v) is 1.07. The maximum atomic E-state index is 13.3. The summed E-state index contributed by atoms with van der Waals surface area (Å²) in [6.45, 7) is 3.30. The summed E-state index contributed by atoms with van der Waals surface area (Å²) < 4.78 is 13.3. The molecule has 0 atom stereocenters. The number of nitrogens with one attached hydrogen (secondary N) is 1. The van der Waals surface area contributed by atoms with Gasteiger partial charge in [0.1, 0.15) is 0 Å². The lowest BCUT2D eigenvalue weighted by molar-refractivity contribution is -0.385. The first-order valence-corrected chi connectivity index (χ1v) is 4.70. The van der Waals surface area contributed by atoms with Crippen LogP contribution < -0.4 is 5.32 Å². The number of rotatable bonds is 4. The number of halogens is 1. The van der Waals surface area contributed by atoms with Crippen molar-refractivity contribution in [2.75, 3.05) is 11.9 Å². The Kier molecular flexibility index (Phi) is 3.44. The Morgan fingerprint density at radius 1 is 1.56 bits per heavy atom. The van der Waals surface area contributed by atoms with Gasteiger partial charge in [-0.1, -0.05) is 0 Å². The first kappa shape index (κ1) is 12.4. The predicted octanol–water partition coefficient (Wildman–Crippen LogP) is 1.92. The van der Waals surface area contributed by atoms with E-state index in [2.05, 4.69) is 5.32 Å². The summed E-state index contributed by atoms with van der Waals surface area (Å²) in [7, 11) is 0. The quantitative estimate of drug-likeness (QED) is 0.609. The summed E-state index contributed by atoms with van der Waals surface area (Å²) in [5, 5.41) is 22.5. The maximum Gasteiger partial charge on any atom is 0.272 e. The number of nitro benzene ring substituents is 1. The van der Waals surface area contributed by atoms with Crippen LogP contribution in [0.15, 0.2) is 18.2 Å². The van der Waals surface area contributed by atoms with Crippen LogP contribution in [0.5, 0.6) is 0 Å². The molecule has 0 aromatic heterocycles. The van der Waals surface area contributed by atoms with E-state index in [1.54, 1.807) is 13.8 Å². The van der Waals surface area contributed by atoms with Gasteiger partial charge in [0, 0.05) is 12.6 Å². The molecule has 1 aromatic carbocycles. The van der Waals surface area contributed by atoms with Crippen molar-refractivity contribution < 1.29 is 14.4 Å². The second-order valence-corrected chi connectivity index (χ2v) is 4.09.